The number of hydrogen-bond donors (Lipinski definition) is 2. The fourth-order valence-corrected chi connectivity index (χ4v) is 7.91. The summed E-state index contributed by atoms with van der Waals surface area (Å²) in [7, 11) is 0. The van der Waals surface area contributed by atoms with Gasteiger partial charge in [-0.3, -0.25) is 19.4 Å². The molecule has 10 nitrogen and oxygen atoms in total. The van der Waals surface area contributed by atoms with Crippen LogP contribution in [-0.4, -0.2) is 96.4 Å². The summed E-state index contributed by atoms with van der Waals surface area (Å²) in [5.74, 6) is -1.07. The van der Waals surface area contributed by atoms with Crippen LogP contribution in [0.1, 0.15) is 58.4 Å². The van der Waals surface area contributed by atoms with Crippen molar-refractivity contribution in [1.82, 2.24) is 15.1 Å². The number of carbonyl (C=O) groups excluding carboxylic acids is 3. The third-order valence-electron chi connectivity index (χ3n) is 9.91. The summed E-state index contributed by atoms with van der Waals surface area (Å²) in [5.41, 5.74) is 6.14. The SMILES string of the molecule is CC(C)(C)OC(=O)N1C2CCC(C2)C1C(=O)N[C@@H](Cc1ccc(N2CCC3CN(C4CCOC4)CC32)cc1F)C(N)=O. The second kappa shape index (κ2) is 11.3. The largest absolute Gasteiger partial charge is 0.444 e. The van der Waals surface area contributed by atoms with Crippen molar-refractivity contribution in [2.45, 2.75) is 95.1 Å². The highest BCUT2D eigenvalue weighted by Crippen LogP contribution is 2.43. The van der Waals surface area contributed by atoms with Crippen molar-refractivity contribution in [1.29, 1.82) is 0 Å². The van der Waals surface area contributed by atoms with Gasteiger partial charge in [0.05, 0.1) is 6.61 Å². The summed E-state index contributed by atoms with van der Waals surface area (Å²) in [6.07, 6.45) is 3.91. The molecule has 1 saturated carbocycles. The molecule has 42 heavy (non-hydrogen) atoms. The normalized spacial score (nSPS) is 31.4. The van der Waals surface area contributed by atoms with Gasteiger partial charge < -0.3 is 25.4 Å². The maximum atomic E-state index is 15.5. The van der Waals surface area contributed by atoms with E-state index in [2.05, 4.69) is 15.1 Å². The van der Waals surface area contributed by atoms with Crippen LogP contribution in [0.5, 0.6) is 0 Å². The topological polar surface area (TPSA) is 117 Å². The molecule has 0 spiro atoms. The molecule has 2 bridgehead atoms. The molecular formula is C31H44FN5O5. The number of likely N-dealkylation sites (tertiary alicyclic amines) is 2. The van der Waals surface area contributed by atoms with E-state index in [9.17, 15) is 14.4 Å². The van der Waals surface area contributed by atoms with Crippen LogP contribution in [0.2, 0.25) is 0 Å². The first-order chi connectivity index (χ1) is 20.0. The molecule has 0 aromatic heterocycles. The minimum atomic E-state index is -1.11. The van der Waals surface area contributed by atoms with Gasteiger partial charge in [-0.25, -0.2) is 9.18 Å². The van der Waals surface area contributed by atoms with Crippen molar-refractivity contribution in [2.75, 3.05) is 37.7 Å². The fourth-order valence-electron chi connectivity index (χ4n) is 7.91. The van der Waals surface area contributed by atoms with E-state index in [0.717, 1.165) is 70.6 Å². The number of nitrogens with one attached hydrogen (secondary N) is 1. The van der Waals surface area contributed by atoms with E-state index < -0.39 is 41.4 Å². The Morgan fingerprint density at radius 1 is 1.12 bits per heavy atom. The van der Waals surface area contributed by atoms with E-state index in [0.29, 0.717) is 23.6 Å². The number of primary amides is 1. The lowest BCUT2D eigenvalue weighted by Crippen LogP contribution is -2.57. The Bertz CT molecular complexity index is 1220. The molecule has 0 radical (unpaired) electrons. The molecule has 3 amide bonds. The Hall–Kier alpha value is -2.92. The maximum absolute atomic E-state index is 15.5. The van der Waals surface area contributed by atoms with E-state index in [1.54, 1.807) is 32.9 Å². The molecule has 1 aliphatic carbocycles. The van der Waals surface area contributed by atoms with Gasteiger partial charge in [-0.1, -0.05) is 6.07 Å². The van der Waals surface area contributed by atoms with Gasteiger partial charge in [0.25, 0.3) is 0 Å². The van der Waals surface area contributed by atoms with Crippen molar-refractivity contribution in [3.8, 4) is 0 Å². The van der Waals surface area contributed by atoms with Gasteiger partial charge in [-0.15, -0.1) is 0 Å². The number of halogens is 1. The van der Waals surface area contributed by atoms with Crippen LogP contribution < -0.4 is 16.0 Å². The lowest BCUT2D eigenvalue weighted by Gasteiger charge is -2.36. The van der Waals surface area contributed by atoms with Crippen molar-refractivity contribution < 1.29 is 28.2 Å². The third kappa shape index (κ3) is 5.69. The van der Waals surface area contributed by atoms with Gasteiger partial charge >= 0.3 is 6.09 Å². The van der Waals surface area contributed by atoms with Gasteiger partial charge in [0.2, 0.25) is 11.8 Å². The molecular weight excluding hydrogens is 541 g/mol. The number of amides is 3. The number of nitrogens with two attached hydrogens (primary N) is 1. The summed E-state index contributed by atoms with van der Waals surface area (Å²) in [4.78, 5) is 45.3. The Kier molecular flexibility index (Phi) is 7.84. The number of rotatable bonds is 7. The van der Waals surface area contributed by atoms with Crippen molar-refractivity contribution in [2.24, 2.45) is 17.6 Å². The van der Waals surface area contributed by atoms with Gasteiger partial charge in [0.1, 0.15) is 23.5 Å². The highest BCUT2D eigenvalue weighted by atomic mass is 19.1. The number of benzene rings is 1. The number of carbonyl (C=O) groups is 3. The summed E-state index contributed by atoms with van der Waals surface area (Å²) in [6.45, 7) is 9.88. The molecule has 5 aliphatic rings. The number of piperidine rings is 1. The molecule has 11 heteroatoms. The smallest absolute Gasteiger partial charge is 0.411 e. The standard InChI is InChI=1S/C31H44FN5O5/c1-31(2,3)42-30(40)37-22-7-5-19(12-22)27(37)29(39)34-25(28(33)38)13-18-4-6-21(14-24(18)32)36-10-8-20-15-35(16-26(20)36)23-9-11-41-17-23/h4,6,14,19-20,22-23,25-27H,5,7-13,15-17H2,1-3H3,(H2,33,38)(H,34,39)/t19?,20?,22?,23?,25-,26?,27?/m0/s1. The Morgan fingerprint density at radius 3 is 2.62 bits per heavy atom. The second-order valence-electron chi connectivity index (χ2n) is 13.8. The number of nitrogens with zero attached hydrogens (tertiary/aromatic N) is 3. The van der Waals surface area contributed by atoms with Crippen LogP contribution in [0.25, 0.3) is 0 Å². The Balaban J connectivity index is 1.11. The van der Waals surface area contributed by atoms with Crippen LogP contribution in [0.15, 0.2) is 18.2 Å². The first-order valence-electron chi connectivity index (χ1n) is 15.5. The second-order valence-corrected chi connectivity index (χ2v) is 13.8. The Morgan fingerprint density at radius 2 is 1.93 bits per heavy atom. The van der Waals surface area contributed by atoms with Crippen LogP contribution in [0, 0.1) is 17.7 Å². The minimum absolute atomic E-state index is 0.0101. The number of fused-ring (bicyclic) bond motifs is 3. The first kappa shape index (κ1) is 29.2. The number of hydrogen-bond acceptors (Lipinski definition) is 7. The lowest BCUT2D eigenvalue weighted by atomic mass is 9.97. The summed E-state index contributed by atoms with van der Waals surface area (Å²) in [6, 6.07) is 4.06. The molecule has 6 unspecified atom stereocenters. The van der Waals surface area contributed by atoms with Crippen LogP contribution in [0.4, 0.5) is 14.9 Å². The van der Waals surface area contributed by atoms with Crippen LogP contribution >= 0.6 is 0 Å². The number of anilines is 1. The predicted molar refractivity (Wildman–Crippen MR) is 154 cm³/mol. The molecule has 6 rings (SSSR count). The van der Waals surface area contributed by atoms with Crippen LogP contribution in [0.3, 0.4) is 0 Å². The van der Waals surface area contributed by atoms with Gasteiger partial charge in [0.15, 0.2) is 0 Å². The first-order valence-corrected chi connectivity index (χ1v) is 15.5. The highest BCUT2D eigenvalue weighted by Gasteiger charge is 2.53. The van der Waals surface area contributed by atoms with Crippen molar-refractivity contribution in [3.63, 3.8) is 0 Å². The number of ether oxygens (including phenoxy) is 2. The van der Waals surface area contributed by atoms with E-state index in [-0.39, 0.29) is 18.4 Å². The minimum Gasteiger partial charge on any atom is -0.444 e. The zero-order valence-corrected chi connectivity index (χ0v) is 24.9. The molecule has 4 aliphatic heterocycles. The molecule has 3 N–H and O–H groups in total. The monoisotopic (exact) mass is 585 g/mol. The van der Waals surface area contributed by atoms with Crippen LogP contribution in [-0.2, 0) is 25.5 Å². The van der Waals surface area contributed by atoms with E-state index >= 15 is 4.39 Å². The predicted octanol–water partition coefficient (Wildman–Crippen LogP) is 2.43. The molecule has 4 heterocycles. The molecule has 4 saturated heterocycles. The average Bonchev–Trinajstić information content (AvgIpc) is 3.73. The average molecular weight is 586 g/mol. The quantitative estimate of drug-likeness (QED) is 0.505. The molecule has 7 atom stereocenters. The van der Waals surface area contributed by atoms with Gasteiger partial charge in [-0.2, -0.15) is 0 Å². The highest BCUT2D eigenvalue weighted by molar-refractivity contribution is 5.91. The van der Waals surface area contributed by atoms with Gasteiger partial charge in [0, 0.05) is 56.5 Å². The summed E-state index contributed by atoms with van der Waals surface area (Å²) in [5, 5.41) is 2.74. The zero-order valence-electron chi connectivity index (χ0n) is 24.9. The molecule has 5 fully saturated rings. The summed E-state index contributed by atoms with van der Waals surface area (Å²) >= 11 is 0. The van der Waals surface area contributed by atoms with E-state index in [4.69, 9.17) is 15.2 Å². The Labute approximate surface area is 247 Å². The van der Waals surface area contributed by atoms with E-state index in [1.165, 1.54) is 4.90 Å². The van der Waals surface area contributed by atoms with Crippen molar-refractivity contribution >= 4 is 23.6 Å². The fraction of sp³-hybridized carbons (Fsp3) is 0.710. The molecule has 230 valence electrons. The van der Waals surface area contributed by atoms with Gasteiger partial charge in [-0.05, 0) is 82.4 Å². The third-order valence-corrected chi connectivity index (χ3v) is 9.91. The summed E-state index contributed by atoms with van der Waals surface area (Å²) < 4.78 is 26.7. The van der Waals surface area contributed by atoms with Crippen molar-refractivity contribution in [3.05, 3.63) is 29.6 Å². The molecule has 1 aromatic rings. The van der Waals surface area contributed by atoms with E-state index in [1.807, 2.05) is 6.07 Å². The zero-order chi connectivity index (χ0) is 29.8. The maximum Gasteiger partial charge on any atom is 0.411 e. The lowest BCUT2D eigenvalue weighted by molar-refractivity contribution is -0.132. The molecule has 1 aromatic carbocycles.